The van der Waals surface area contributed by atoms with Gasteiger partial charge in [0.1, 0.15) is 7.11 Å². The molecule has 2 rings (SSSR count). The summed E-state index contributed by atoms with van der Waals surface area (Å²) in [4.78, 5) is 5.33. The van der Waals surface area contributed by atoms with Gasteiger partial charge in [-0.2, -0.15) is 0 Å². The summed E-state index contributed by atoms with van der Waals surface area (Å²) >= 11 is 0. The Morgan fingerprint density at radius 3 is 2.56 bits per heavy atom. The first-order valence-electron chi connectivity index (χ1n) is 6.07. The molecule has 3 heteroatoms. The van der Waals surface area contributed by atoms with Gasteiger partial charge in [0.25, 0.3) is 5.69 Å². The molecule has 0 amide bonds. The molecule has 0 unspecified atom stereocenters. The Morgan fingerprint density at radius 2 is 1.94 bits per heavy atom. The molecule has 1 heterocycles. The lowest BCUT2D eigenvalue weighted by molar-refractivity contribution is -0.890. The maximum Gasteiger partial charge on any atom is 0.251 e. The summed E-state index contributed by atoms with van der Waals surface area (Å²) in [7, 11) is 1.66. The first-order chi connectivity index (χ1) is 8.74. The second kappa shape index (κ2) is 5.65. The van der Waals surface area contributed by atoms with Crippen molar-refractivity contribution in [3.63, 3.8) is 0 Å². The molecule has 0 aliphatic rings. The SMILES string of the molecule is CO[n+]1cc(C)cc(Cc2ccccc2)c1CN. The zero-order valence-corrected chi connectivity index (χ0v) is 10.9. The van der Waals surface area contributed by atoms with E-state index in [0.717, 1.165) is 12.1 Å². The van der Waals surface area contributed by atoms with Crippen LogP contribution in [0.2, 0.25) is 0 Å². The van der Waals surface area contributed by atoms with Crippen LogP contribution in [0.25, 0.3) is 0 Å². The third kappa shape index (κ3) is 2.68. The molecule has 94 valence electrons. The van der Waals surface area contributed by atoms with Crippen LogP contribution in [-0.4, -0.2) is 7.11 Å². The van der Waals surface area contributed by atoms with Gasteiger partial charge < -0.3 is 5.73 Å². The number of aromatic nitrogens is 1. The second-order valence-corrected chi connectivity index (χ2v) is 4.36. The van der Waals surface area contributed by atoms with Crippen LogP contribution in [0.15, 0.2) is 42.6 Å². The average molecular weight is 243 g/mol. The van der Waals surface area contributed by atoms with E-state index in [2.05, 4.69) is 37.3 Å². The highest BCUT2D eigenvalue weighted by Crippen LogP contribution is 2.12. The number of nitrogens with zero attached hydrogens (tertiary/aromatic N) is 1. The summed E-state index contributed by atoms with van der Waals surface area (Å²) in [6, 6.07) is 12.6. The third-order valence-electron chi connectivity index (χ3n) is 2.99. The van der Waals surface area contributed by atoms with E-state index >= 15 is 0 Å². The van der Waals surface area contributed by atoms with Crippen molar-refractivity contribution >= 4 is 0 Å². The summed E-state index contributed by atoms with van der Waals surface area (Å²) in [6.45, 7) is 2.53. The predicted octanol–water partition coefficient (Wildman–Crippen LogP) is 1.39. The first kappa shape index (κ1) is 12.6. The summed E-state index contributed by atoms with van der Waals surface area (Å²) in [6.07, 6.45) is 2.83. The van der Waals surface area contributed by atoms with Crippen molar-refractivity contribution in [3.8, 4) is 0 Å². The molecule has 1 aromatic heterocycles. The van der Waals surface area contributed by atoms with E-state index in [1.807, 2.05) is 12.3 Å². The molecule has 0 spiro atoms. The van der Waals surface area contributed by atoms with Crippen LogP contribution in [0.5, 0.6) is 0 Å². The minimum absolute atomic E-state index is 0.469. The standard InChI is InChI=1S/C15H19N2O/c1-12-8-14(9-13-6-4-3-5-7-13)15(10-16)17(11-12)18-2/h3-8,11H,9-10,16H2,1-2H3/q+1. The van der Waals surface area contributed by atoms with Crippen LogP contribution in [0.1, 0.15) is 22.4 Å². The van der Waals surface area contributed by atoms with Gasteiger partial charge in [-0.1, -0.05) is 30.3 Å². The molecular weight excluding hydrogens is 224 g/mol. The molecule has 0 saturated carbocycles. The topological polar surface area (TPSA) is 39.1 Å². The van der Waals surface area contributed by atoms with Gasteiger partial charge in [0.2, 0.25) is 6.20 Å². The van der Waals surface area contributed by atoms with Crippen LogP contribution in [0.4, 0.5) is 0 Å². The normalized spacial score (nSPS) is 10.4. The number of nitrogens with two attached hydrogens (primary N) is 1. The monoisotopic (exact) mass is 243 g/mol. The van der Waals surface area contributed by atoms with Crippen LogP contribution >= 0.6 is 0 Å². The Kier molecular flexibility index (Phi) is 3.95. The Balaban J connectivity index is 2.40. The number of hydrogen-bond acceptors (Lipinski definition) is 2. The molecule has 3 nitrogen and oxygen atoms in total. The second-order valence-electron chi connectivity index (χ2n) is 4.36. The summed E-state index contributed by atoms with van der Waals surface area (Å²) in [5.74, 6) is 0. The van der Waals surface area contributed by atoms with Crippen molar-refractivity contribution in [1.29, 1.82) is 0 Å². The highest BCUT2D eigenvalue weighted by atomic mass is 16.6. The predicted molar refractivity (Wildman–Crippen MR) is 71.0 cm³/mol. The molecule has 0 saturated heterocycles. The minimum atomic E-state index is 0.469. The fourth-order valence-corrected chi connectivity index (χ4v) is 2.15. The Morgan fingerprint density at radius 1 is 1.22 bits per heavy atom. The lowest BCUT2D eigenvalue weighted by atomic mass is 10.0. The summed E-state index contributed by atoms with van der Waals surface area (Å²) < 4.78 is 1.76. The Labute approximate surface area is 108 Å². The number of rotatable bonds is 4. The molecule has 18 heavy (non-hydrogen) atoms. The van der Waals surface area contributed by atoms with Crippen molar-refractivity contribution in [2.24, 2.45) is 5.73 Å². The zero-order chi connectivity index (χ0) is 13.0. The van der Waals surface area contributed by atoms with Crippen LogP contribution in [0, 0.1) is 6.92 Å². The molecule has 0 atom stereocenters. The van der Waals surface area contributed by atoms with Crippen molar-refractivity contribution in [3.05, 3.63) is 65.0 Å². The number of aryl methyl sites for hydroxylation is 1. The van der Waals surface area contributed by atoms with Crippen LogP contribution < -0.4 is 15.3 Å². The van der Waals surface area contributed by atoms with Gasteiger partial charge in [0, 0.05) is 22.3 Å². The molecule has 2 aromatic rings. The molecule has 2 N–H and O–H groups in total. The van der Waals surface area contributed by atoms with E-state index < -0.39 is 0 Å². The van der Waals surface area contributed by atoms with E-state index in [-0.39, 0.29) is 0 Å². The van der Waals surface area contributed by atoms with E-state index in [9.17, 15) is 0 Å². The van der Waals surface area contributed by atoms with Crippen LogP contribution in [0.3, 0.4) is 0 Å². The summed E-state index contributed by atoms with van der Waals surface area (Å²) in [5.41, 5.74) is 10.5. The fraction of sp³-hybridized carbons (Fsp3) is 0.267. The fourth-order valence-electron chi connectivity index (χ4n) is 2.15. The maximum absolute atomic E-state index is 5.83. The van der Waals surface area contributed by atoms with Crippen molar-refractivity contribution in [2.45, 2.75) is 19.9 Å². The zero-order valence-electron chi connectivity index (χ0n) is 10.9. The number of benzene rings is 1. The average Bonchev–Trinajstić information content (AvgIpc) is 2.39. The summed E-state index contributed by atoms with van der Waals surface area (Å²) in [5, 5.41) is 0. The van der Waals surface area contributed by atoms with Crippen molar-refractivity contribution in [1.82, 2.24) is 0 Å². The van der Waals surface area contributed by atoms with Crippen molar-refractivity contribution < 1.29 is 9.57 Å². The molecule has 0 aliphatic heterocycles. The number of pyridine rings is 1. The molecule has 0 radical (unpaired) electrons. The minimum Gasteiger partial charge on any atom is -0.321 e. The van der Waals surface area contributed by atoms with E-state index in [1.165, 1.54) is 16.7 Å². The van der Waals surface area contributed by atoms with E-state index in [1.54, 1.807) is 11.8 Å². The van der Waals surface area contributed by atoms with Gasteiger partial charge in [-0.15, -0.1) is 0 Å². The van der Waals surface area contributed by atoms with Gasteiger partial charge in [-0.05, 0) is 18.6 Å². The smallest absolute Gasteiger partial charge is 0.251 e. The lowest BCUT2D eigenvalue weighted by Gasteiger charge is -2.07. The molecule has 0 aliphatic carbocycles. The number of hydrogen-bond donors (Lipinski definition) is 1. The van der Waals surface area contributed by atoms with Crippen LogP contribution in [-0.2, 0) is 13.0 Å². The quantitative estimate of drug-likeness (QED) is 0.824. The van der Waals surface area contributed by atoms with E-state index in [0.29, 0.717) is 6.54 Å². The first-order valence-corrected chi connectivity index (χ1v) is 6.07. The van der Waals surface area contributed by atoms with E-state index in [4.69, 9.17) is 10.6 Å². The third-order valence-corrected chi connectivity index (χ3v) is 2.99. The van der Waals surface area contributed by atoms with Crippen molar-refractivity contribution in [2.75, 3.05) is 7.11 Å². The Hall–Kier alpha value is -1.87. The largest absolute Gasteiger partial charge is 0.321 e. The highest BCUT2D eigenvalue weighted by Gasteiger charge is 2.17. The van der Waals surface area contributed by atoms with Gasteiger partial charge in [-0.3, -0.25) is 4.84 Å². The molecule has 1 aromatic carbocycles. The highest BCUT2D eigenvalue weighted by molar-refractivity contribution is 5.28. The van der Waals surface area contributed by atoms with Gasteiger partial charge >= 0.3 is 0 Å². The molecular formula is C15H19N2O+. The van der Waals surface area contributed by atoms with Gasteiger partial charge in [-0.25, -0.2) is 0 Å². The molecule has 0 fully saturated rings. The van der Waals surface area contributed by atoms with Gasteiger partial charge in [0.15, 0.2) is 0 Å². The maximum atomic E-state index is 5.83. The molecule has 0 bridgehead atoms. The lowest BCUT2D eigenvalue weighted by Crippen LogP contribution is -2.46. The Bertz CT molecular complexity index is 524. The van der Waals surface area contributed by atoms with Gasteiger partial charge in [0.05, 0.1) is 6.54 Å².